The van der Waals surface area contributed by atoms with Gasteiger partial charge in [0.2, 0.25) is 5.95 Å². The van der Waals surface area contributed by atoms with Gasteiger partial charge in [-0.25, -0.2) is 4.98 Å². The molecule has 5 heteroatoms. The summed E-state index contributed by atoms with van der Waals surface area (Å²) in [5, 5.41) is 3.41. The highest BCUT2D eigenvalue weighted by atomic mass is 16.5. The Morgan fingerprint density at radius 2 is 2.22 bits per heavy atom. The number of methoxy groups -OCH3 is 1. The van der Waals surface area contributed by atoms with E-state index < -0.39 is 0 Å². The molecule has 0 amide bonds. The van der Waals surface area contributed by atoms with Crippen molar-refractivity contribution in [2.24, 2.45) is 0 Å². The summed E-state index contributed by atoms with van der Waals surface area (Å²) in [7, 11) is 5.75. The fraction of sp³-hybridized carbons (Fsp3) is 0.692. The van der Waals surface area contributed by atoms with Crippen molar-refractivity contribution in [1.82, 2.24) is 9.97 Å². The van der Waals surface area contributed by atoms with Crippen LogP contribution in [0.1, 0.15) is 25.7 Å². The van der Waals surface area contributed by atoms with Crippen molar-refractivity contribution in [2.75, 3.05) is 31.4 Å². The molecule has 0 bridgehead atoms. The summed E-state index contributed by atoms with van der Waals surface area (Å²) in [6.07, 6.45) is 6.72. The Balaban J connectivity index is 1.98. The van der Waals surface area contributed by atoms with Crippen LogP contribution in [0.2, 0.25) is 0 Å². The molecular weight excluding hydrogens is 228 g/mol. The Morgan fingerprint density at radius 1 is 1.39 bits per heavy atom. The van der Waals surface area contributed by atoms with E-state index in [2.05, 4.69) is 15.3 Å². The van der Waals surface area contributed by atoms with Crippen molar-refractivity contribution < 1.29 is 4.74 Å². The molecule has 0 aromatic carbocycles. The van der Waals surface area contributed by atoms with Crippen LogP contribution >= 0.6 is 0 Å². The molecule has 1 fully saturated rings. The third-order valence-corrected chi connectivity index (χ3v) is 3.39. The van der Waals surface area contributed by atoms with E-state index in [0.29, 0.717) is 18.1 Å². The van der Waals surface area contributed by atoms with Crippen molar-refractivity contribution in [1.29, 1.82) is 0 Å². The summed E-state index contributed by atoms with van der Waals surface area (Å²) < 4.78 is 5.43. The third kappa shape index (κ3) is 3.32. The Bertz CT molecular complexity index is 383. The van der Waals surface area contributed by atoms with Gasteiger partial charge < -0.3 is 15.0 Å². The SMILES string of the molecule is COC1CCCC(Nc2nccc(N(C)C)n2)C1. The molecule has 0 radical (unpaired) electrons. The number of anilines is 2. The summed E-state index contributed by atoms with van der Waals surface area (Å²) in [5.74, 6) is 1.63. The summed E-state index contributed by atoms with van der Waals surface area (Å²) >= 11 is 0. The number of rotatable bonds is 4. The molecular formula is C13H22N4O. The van der Waals surface area contributed by atoms with Crippen LogP contribution in [0.3, 0.4) is 0 Å². The van der Waals surface area contributed by atoms with E-state index in [-0.39, 0.29) is 0 Å². The molecule has 1 aromatic heterocycles. The van der Waals surface area contributed by atoms with E-state index >= 15 is 0 Å². The molecule has 18 heavy (non-hydrogen) atoms. The zero-order valence-electron chi connectivity index (χ0n) is 11.4. The average Bonchev–Trinajstić information content (AvgIpc) is 2.39. The van der Waals surface area contributed by atoms with Crippen LogP contribution in [0.4, 0.5) is 11.8 Å². The summed E-state index contributed by atoms with van der Waals surface area (Å²) in [6, 6.07) is 2.32. The van der Waals surface area contributed by atoms with E-state index in [9.17, 15) is 0 Å². The van der Waals surface area contributed by atoms with Gasteiger partial charge in [0, 0.05) is 33.4 Å². The molecule has 1 saturated carbocycles. The Hall–Kier alpha value is -1.36. The second kappa shape index (κ2) is 6.00. The molecule has 0 spiro atoms. The molecule has 2 rings (SSSR count). The van der Waals surface area contributed by atoms with Crippen molar-refractivity contribution >= 4 is 11.8 Å². The topological polar surface area (TPSA) is 50.3 Å². The number of hydrogen-bond acceptors (Lipinski definition) is 5. The first-order valence-electron chi connectivity index (χ1n) is 6.48. The zero-order valence-corrected chi connectivity index (χ0v) is 11.4. The highest BCUT2D eigenvalue weighted by Gasteiger charge is 2.22. The van der Waals surface area contributed by atoms with Crippen LogP contribution in [0.15, 0.2) is 12.3 Å². The van der Waals surface area contributed by atoms with Gasteiger partial charge >= 0.3 is 0 Å². The van der Waals surface area contributed by atoms with E-state index in [4.69, 9.17) is 4.74 Å². The Kier molecular flexibility index (Phi) is 4.36. The Labute approximate surface area is 109 Å². The quantitative estimate of drug-likeness (QED) is 0.884. The lowest BCUT2D eigenvalue weighted by Gasteiger charge is -2.28. The molecule has 0 saturated heterocycles. The van der Waals surface area contributed by atoms with Gasteiger partial charge in [-0.05, 0) is 31.7 Å². The van der Waals surface area contributed by atoms with E-state index in [0.717, 1.165) is 25.1 Å². The van der Waals surface area contributed by atoms with Gasteiger partial charge in [-0.3, -0.25) is 0 Å². The number of ether oxygens (including phenoxy) is 1. The first-order valence-corrected chi connectivity index (χ1v) is 6.48. The van der Waals surface area contributed by atoms with Crippen LogP contribution in [0, 0.1) is 0 Å². The first-order chi connectivity index (χ1) is 8.69. The van der Waals surface area contributed by atoms with E-state index in [1.807, 2.05) is 25.1 Å². The fourth-order valence-electron chi connectivity index (χ4n) is 2.34. The van der Waals surface area contributed by atoms with Gasteiger partial charge in [-0.15, -0.1) is 0 Å². The van der Waals surface area contributed by atoms with Crippen LogP contribution in [0.5, 0.6) is 0 Å². The highest BCUT2D eigenvalue weighted by Crippen LogP contribution is 2.23. The average molecular weight is 250 g/mol. The minimum absolute atomic E-state index is 0.369. The predicted molar refractivity (Wildman–Crippen MR) is 73.0 cm³/mol. The maximum Gasteiger partial charge on any atom is 0.224 e. The predicted octanol–water partition coefficient (Wildman–Crippen LogP) is 1.91. The smallest absolute Gasteiger partial charge is 0.224 e. The molecule has 5 nitrogen and oxygen atoms in total. The molecule has 1 aromatic rings. The van der Waals surface area contributed by atoms with Crippen molar-refractivity contribution in [3.63, 3.8) is 0 Å². The van der Waals surface area contributed by atoms with Crippen LogP contribution in [0.25, 0.3) is 0 Å². The van der Waals surface area contributed by atoms with Gasteiger partial charge in [-0.1, -0.05) is 0 Å². The van der Waals surface area contributed by atoms with E-state index in [1.165, 1.54) is 6.42 Å². The van der Waals surface area contributed by atoms with Gasteiger partial charge in [0.15, 0.2) is 0 Å². The maximum atomic E-state index is 5.43. The van der Waals surface area contributed by atoms with Gasteiger partial charge in [0.05, 0.1) is 6.10 Å². The number of hydrogen-bond donors (Lipinski definition) is 1. The highest BCUT2D eigenvalue weighted by molar-refractivity contribution is 5.41. The minimum atomic E-state index is 0.369. The molecule has 1 aliphatic carbocycles. The van der Waals surface area contributed by atoms with E-state index in [1.54, 1.807) is 13.3 Å². The zero-order chi connectivity index (χ0) is 13.0. The lowest BCUT2D eigenvalue weighted by molar-refractivity contribution is 0.0668. The number of nitrogens with one attached hydrogen (secondary N) is 1. The molecule has 2 atom stereocenters. The standard InChI is InChI=1S/C13H22N4O/c1-17(2)12-7-8-14-13(16-12)15-10-5-4-6-11(9-10)18-3/h7-8,10-11H,4-6,9H2,1-3H3,(H,14,15,16). The number of aromatic nitrogens is 2. The summed E-state index contributed by atoms with van der Waals surface area (Å²) in [4.78, 5) is 10.7. The fourth-order valence-corrected chi connectivity index (χ4v) is 2.34. The first kappa shape index (κ1) is 13.1. The second-order valence-electron chi connectivity index (χ2n) is 5.00. The third-order valence-electron chi connectivity index (χ3n) is 3.39. The molecule has 1 aliphatic rings. The molecule has 1 N–H and O–H groups in total. The molecule has 1 heterocycles. The van der Waals surface area contributed by atoms with Gasteiger partial charge in [0.1, 0.15) is 5.82 Å². The lowest BCUT2D eigenvalue weighted by atomic mass is 9.93. The van der Waals surface area contributed by atoms with Crippen molar-refractivity contribution in [3.8, 4) is 0 Å². The summed E-state index contributed by atoms with van der Waals surface area (Å²) in [6.45, 7) is 0. The second-order valence-corrected chi connectivity index (χ2v) is 5.00. The molecule has 2 unspecified atom stereocenters. The van der Waals surface area contributed by atoms with Crippen LogP contribution in [-0.4, -0.2) is 43.3 Å². The monoisotopic (exact) mass is 250 g/mol. The van der Waals surface area contributed by atoms with Crippen molar-refractivity contribution in [3.05, 3.63) is 12.3 Å². The molecule has 100 valence electrons. The molecule has 0 aliphatic heterocycles. The normalized spacial score (nSPS) is 23.7. The van der Waals surface area contributed by atoms with Crippen molar-refractivity contribution in [2.45, 2.75) is 37.8 Å². The van der Waals surface area contributed by atoms with Gasteiger partial charge in [-0.2, -0.15) is 4.98 Å². The maximum absolute atomic E-state index is 5.43. The largest absolute Gasteiger partial charge is 0.381 e. The lowest BCUT2D eigenvalue weighted by Crippen LogP contribution is -2.31. The van der Waals surface area contributed by atoms with Crippen LogP contribution in [-0.2, 0) is 4.74 Å². The van der Waals surface area contributed by atoms with Crippen LogP contribution < -0.4 is 10.2 Å². The van der Waals surface area contributed by atoms with Gasteiger partial charge in [0.25, 0.3) is 0 Å². The Morgan fingerprint density at radius 3 is 2.94 bits per heavy atom. The minimum Gasteiger partial charge on any atom is -0.381 e. The number of nitrogens with zero attached hydrogens (tertiary/aromatic N) is 3. The summed E-state index contributed by atoms with van der Waals surface area (Å²) in [5.41, 5.74) is 0.